The van der Waals surface area contributed by atoms with Gasteiger partial charge in [-0.05, 0) is 37.5 Å². The average molecular weight is 240 g/mol. The number of piperidine rings is 1. The molecule has 1 fully saturated rings. The van der Waals surface area contributed by atoms with Gasteiger partial charge in [-0.15, -0.1) is 0 Å². The second kappa shape index (κ2) is 6.39. The quantitative estimate of drug-likeness (QED) is 0.791. The molecule has 1 saturated heterocycles. The molecule has 0 aromatic heterocycles. The summed E-state index contributed by atoms with van der Waals surface area (Å²) >= 11 is 0. The number of rotatable bonds is 4. The van der Waals surface area contributed by atoms with Crippen molar-refractivity contribution in [2.45, 2.75) is 59.5 Å². The van der Waals surface area contributed by atoms with Gasteiger partial charge in [0.15, 0.2) is 0 Å². The van der Waals surface area contributed by atoms with E-state index < -0.39 is 0 Å². The van der Waals surface area contributed by atoms with Gasteiger partial charge in [0, 0.05) is 12.6 Å². The number of carbonyl (C=O) groups is 1. The van der Waals surface area contributed by atoms with E-state index in [4.69, 9.17) is 0 Å². The minimum atomic E-state index is 0.00751. The molecule has 3 heteroatoms. The summed E-state index contributed by atoms with van der Waals surface area (Å²) in [6.07, 6.45) is 2.14. The summed E-state index contributed by atoms with van der Waals surface area (Å²) < 4.78 is 0. The molecule has 0 aliphatic carbocycles. The van der Waals surface area contributed by atoms with Gasteiger partial charge in [-0.3, -0.25) is 4.79 Å². The van der Waals surface area contributed by atoms with E-state index in [9.17, 15) is 4.79 Å². The van der Waals surface area contributed by atoms with Crippen LogP contribution in [0, 0.1) is 17.8 Å². The zero-order chi connectivity index (χ0) is 13.0. The third-order valence-corrected chi connectivity index (χ3v) is 3.93. The lowest BCUT2D eigenvalue weighted by molar-refractivity contribution is -0.124. The largest absolute Gasteiger partial charge is 0.354 e. The molecule has 1 rings (SSSR count). The standard InChI is InChI=1S/C14H28N2O/c1-9(2)11(4)8-15-14(17)13-7-10(3)6-12(5)16-13/h9-13,16H,6-8H2,1-5H3,(H,15,17). The van der Waals surface area contributed by atoms with Gasteiger partial charge < -0.3 is 10.6 Å². The van der Waals surface area contributed by atoms with Crippen LogP contribution in [0.3, 0.4) is 0 Å². The van der Waals surface area contributed by atoms with Gasteiger partial charge in [0.25, 0.3) is 0 Å². The van der Waals surface area contributed by atoms with Crippen LogP contribution in [-0.2, 0) is 4.79 Å². The monoisotopic (exact) mass is 240 g/mol. The Hall–Kier alpha value is -0.570. The summed E-state index contributed by atoms with van der Waals surface area (Å²) in [6.45, 7) is 11.8. The first-order valence-electron chi connectivity index (χ1n) is 6.94. The molecule has 1 aliphatic rings. The van der Waals surface area contributed by atoms with E-state index in [1.54, 1.807) is 0 Å². The van der Waals surface area contributed by atoms with Crippen molar-refractivity contribution in [1.82, 2.24) is 10.6 Å². The lowest BCUT2D eigenvalue weighted by Gasteiger charge is -2.32. The van der Waals surface area contributed by atoms with Crippen molar-refractivity contribution < 1.29 is 4.79 Å². The summed E-state index contributed by atoms with van der Waals surface area (Å²) in [6, 6.07) is 0.463. The lowest BCUT2D eigenvalue weighted by Crippen LogP contribution is -2.52. The number of hydrogen-bond acceptors (Lipinski definition) is 2. The number of nitrogens with one attached hydrogen (secondary N) is 2. The maximum absolute atomic E-state index is 12.0. The van der Waals surface area contributed by atoms with Crippen LogP contribution in [0.5, 0.6) is 0 Å². The number of amides is 1. The van der Waals surface area contributed by atoms with Crippen molar-refractivity contribution in [1.29, 1.82) is 0 Å². The molecule has 0 saturated carbocycles. The first kappa shape index (κ1) is 14.5. The predicted octanol–water partition coefficient (Wildman–Crippen LogP) is 2.17. The van der Waals surface area contributed by atoms with Crippen molar-refractivity contribution in [3.8, 4) is 0 Å². The molecule has 1 aliphatic heterocycles. The Bertz CT molecular complexity index is 243. The molecule has 3 nitrogen and oxygen atoms in total. The highest BCUT2D eigenvalue weighted by Gasteiger charge is 2.28. The van der Waals surface area contributed by atoms with Crippen LogP contribution >= 0.6 is 0 Å². The van der Waals surface area contributed by atoms with Crippen LogP contribution in [0.2, 0.25) is 0 Å². The fourth-order valence-corrected chi connectivity index (χ4v) is 2.38. The average Bonchev–Trinajstić information content (AvgIpc) is 2.23. The second-order valence-electron chi connectivity index (χ2n) is 6.16. The van der Waals surface area contributed by atoms with E-state index in [0.29, 0.717) is 23.8 Å². The van der Waals surface area contributed by atoms with E-state index in [-0.39, 0.29) is 11.9 Å². The fourth-order valence-electron chi connectivity index (χ4n) is 2.38. The Morgan fingerprint density at radius 3 is 2.47 bits per heavy atom. The minimum absolute atomic E-state index is 0.00751. The van der Waals surface area contributed by atoms with Gasteiger partial charge in [0.2, 0.25) is 5.91 Å². The molecule has 0 aromatic rings. The molecular formula is C14H28N2O. The Labute approximate surface area is 106 Å². The number of hydrogen-bond donors (Lipinski definition) is 2. The molecule has 0 spiro atoms. The first-order chi connectivity index (χ1) is 7.90. The Balaban J connectivity index is 2.37. The summed E-state index contributed by atoms with van der Waals surface area (Å²) in [7, 11) is 0. The summed E-state index contributed by atoms with van der Waals surface area (Å²) in [4.78, 5) is 12.0. The summed E-state index contributed by atoms with van der Waals surface area (Å²) in [5, 5.41) is 6.46. The molecule has 4 unspecified atom stereocenters. The van der Waals surface area contributed by atoms with Crippen LogP contribution in [0.4, 0.5) is 0 Å². The fraction of sp³-hybridized carbons (Fsp3) is 0.929. The predicted molar refractivity (Wildman–Crippen MR) is 71.8 cm³/mol. The van der Waals surface area contributed by atoms with E-state index in [1.165, 1.54) is 6.42 Å². The molecule has 4 atom stereocenters. The van der Waals surface area contributed by atoms with Crippen LogP contribution in [0.25, 0.3) is 0 Å². The summed E-state index contributed by atoms with van der Waals surface area (Å²) in [5.41, 5.74) is 0. The lowest BCUT2D eigenvalue weighted by atomic mass is 9.89. The van der Waals surface area contributed by atoms with E-state index in [2.05, 4.69) is 45.3 Å². The van der Waals surface area contributed by atoms with Gasteiger partial charge in [-0.1, -0.05) is 27.7 Å². The topological polar surface area (TPSA) is 41.1 Å². The summed E-state index contributed by atoms with van der Waals surface area (Å²) in [5.74, 6) is 1.98. The van der Waals surface area contributed by atoms with Gasteiger partial charge in [0.05, 0.1) is 6.04 Å². The zero-order valence-corrected chi connectivity index (χ0v) is 11.9. The minimum Gasteiger partial charge on any atom is -0.354 e. The Morgan fingerprint density at radius 2 is 1.94 bits per heavy atom. The number of carbonyl (C=O) groups excluding carboxylic acids is 1. The van der Waals surface area contributed by atoms with Crippen molar-refractivity contribution in [2.24, 2.45) is 17.8 Å². The third-order valence-electron chi connectivity index (χ3n) is 3.93. The van der Waals surface area contributed by atoms with Gasteiger partial charge in [-0.25, -0.2) is 0 Å². The molecule has 1 heterocycles. The third kappa shape index (κ3) is 4.66. The Morgan fingerprint density at radius 1 is 1.29 bits per heavy atom. The highest BCUT2D eigenvalue weighted by Crippen LogP contribution is 2.19. The van der Waals surface area contributed by atoms with Crippen molar-refractivity contribution >= 4 is 5.91 Å². The van der Waals surface area contributed by atoms with Crippen LogP contribution in [0.15, 0.2) is 0 Å². The molecule has 0 radical (unpaired) electrons. The van der Waals surface area contributed by atoms with Gasteiger partial charge in [0.1, 0.15) is 0 Å². The van der Waals surface area contributed by atoms with Crippen LogP contribution < -0.4 is 10.6 Å². The van der Waals surface area contributed by atoms with Crippen molar-refractivity contribution in [3.63, 3.8) is 0 Å². The Kier molecular flexibility index (Phi) is 5.44. The highest BCUT2D eigenvalue weighted by atomic mass is 16.2. The molecule has 1 amide bonds. The van der Waals surface area contributed by atoms with Gasteiger partial charge >= 0.3 is 0 Å². The second-order valence-corrected chi connectivity index (χ2v) is 6.16. The van der Waals surface area contributed by atoms with Crippen LogP contribution in [-0.4, -0.2) is 24.5 Å². The molecule has 0 aromatic carbocycles. The molecule has 100 valence electrons. The zero-order valence-electron chi connectivity index (χ0n) is 11.9. The normalized spacial score (nSPS) is 31.3. The van der Waals surface area contributed by atoms with E-state index >= 15 is 0 Å². The van der Waals surface area contributed by atoms with Crippen molar-refractivity contribution in [2.75, 3.05) is 6.54 Å². The van der Waals surface area contributed by atoms with Gasteiger partial charge in [-0.2, -0.15) is 0 Å². The van der Waals surface area contributed by atoms with E-state index in [0.717, 1.165) is 13.0 Å². The smallest absolute Gasteiger partial charge is 0.237 e. The van der Waals surface area contributed by atoms with Crippen LogP contribution in [0.1, 0.15) is 47.5 Å². The maximum atomic E-state index is 12.0. The molecular weight excluding hydrogens is 212 g/mol. The SMILES string of the molecule is CC1CC(C)NC(C(=O)NCC(C)C(C)C)C1. The van der Waals surface area contributed by atoms with Crippen molar-refractivity contribution in [3.05, 3.63) is 0 Å². The maximum Gasteiger partial charge on any atom is 0.237 e. The molecule has 17 heavy (non-hydrogen) atoms. The first-order valence-corrected chi connectivity index (χ1v) is 6.94. The highest BCUT2D eigenvalue weighted by molar-refractivity contribution is 5.81. The molecule has 2 N–H and O–H groups in total. The van der Waals surface area contributed by atoms with E-state index in [1.807, 2.05) is 0 Å². The molecule has 0 bridgehead atoms.